The average molecular weight is 998 g/mol. The van der Waals surface area contributed by atoms with Gasteiger partial charge in [0.1, 0.15) is 38.4 Å². The second kappa shape index (κ2) is 23.2. The topological polar surface area (TPSA) is 114 Å². The SMILES string of the molecule is C1CCNNC1.CCOC(=O)C(=C(Cl)Cl)c1cc(Oc2ccc(Cl)cc2OC)c(Cl)cc1F.COc1cc(Cl)ccc1Oc1cc(-c2c(Cl)n3n(c2=O)CCCC3)c(F)cc1Cl. The number of aromatic nitrogens is 2. The van der Waals surface area contributed by atoms with Crippen molar-refractivity contribution in [2.24, 2.45) is 0 Å². The van der Waals surface area contributed by atoms with Gasteiger partial charge in [0.05, 0.1) is 36.4 Å². The molecule has 0 saturated carbocycles. The van der Waals surface area contributed by atoms with Crippen molar-refractivity contribution in [3.8, 4) is 45.6 Å². The fourth-order valence-electron chi connectivity index (χ4n) is 6.13. The van der Waals surface area contributed by atoms with E-state index in [9.17, 15) is 18.4 Å². The molecule has 5 aromatic rings. The number of ether oxygens (including phenoxy) is 5. The van der Waals surface area contributed by atoms with Gasteiger partial charge in [-0.3, -0.25) is 20.3 Å². The third-order valence-corrected chi connectivity index (χ3v) is 10.9. The Morgan fingerprint density at radius 3 is 1.66 bits per heavy atom. The van der Waals surface area contributed by atoms with Gasteiger partial charge in [0.15, 0.2) is 23.0 Å². The molecule has 62 heavy (non-hydrogen) atoms. The zero-order chi connectivity index (χ0) is 45.1. The first-order chi connectivity index (χ1) is 29.7. The highest BCUT2D eigenvalue weighted by Gasteiger charge is 2.26. The maximum atomic E-state index is 14.8. The van der Waals surface area contributed by atoms with E-state index in [4.69, 9.17) is 105 Å². The predicted molar refractivity (Wildman–Crippen MR) is 241 cm³/mol. The van der Waals surface area contributed by atoms with Crippen LogP contribution in [0.5, 0.6) is 34.5 Å². The van der Waals surface area contributed by atoms with Crippen LogP contribution in [0.2, 0.25) is 25.2 Å². The van der Waals surface area contributed by atoms with Gasteiger partial charge in [-0.2, -0.15) is 0 Å². The molecule has 0 amide bonds. The quantitative estimate of drug-likeness (QED) is 0.104. The van der Waals surface area contributed by atoms with Crippen molar-refractivity contribution in [2.75, 3.05) is 33.9 Å². The van der Waals surface area contributed by atoms with Crippen LogP contribution in [0, 0.1) is 11.6 Å². The van der Waals surface area contributed by atoms with Gasteiger partial charge >= 0.3 is 5.97 Å². The third-order valence-electron chi connectivity index (χ3n) is 9.08. The summed E-state index contributed by atoms with van der Waals surface area (Å²) in [4.78, 5) is 25.0. The molecule has 2 aliphatic rings. The van der Waals surface area contributed by atoms with Crippen molar-refractivity contribution < 1.29 is 37.3 Å². The molecule has 11 nitrogen and oxygen atoms in total. The van der Waals surface area contributed by atoms with E-state index in [1.807, 2.05) is 0 Å². The number of rotatable bonds is 10. The summed E-state index contributed by atoms with van der Waals surface area (Å²) in [6, 6.07) is 14.1. The molecule has 2 aliphatic heterocycles. The Morgan fingerprint density at radius 2 is 1.19 bits per heavy atom. The molecule has 0 bridgehead atoms. The van der Waals surface area contributed by atoms with E-state index in [1.165, 1.54) is 49.9 Å². The van der Waals surface area contributed by atoms with E-state index in [2.05, 4.69) is 10.9 Å². The largest absolute Gasteiger partial charge is 0.493 e. The average Bonchev–Trinajstić information content (AvgIpc) is 3.51. The predicted octanol–water partition coefficient (Wildman–Crippen LogP) is 12.5. The fourth-order valence-corrected chi connectivity index (χ4v) is 7.55. The van der Waals surface area contributed by atoms with Crippen LogP contribution < -0.4 is 35.4 Å². The zero-order valence-corrected chi connectivity index (χ0v) is 38.6. The lowest BCUT2D eigenvalue weighted by Crippen LogP contribution is -2.37. The maximum absolute atomic E-state index is 14.8. The smallest absolute Gasteiger partial charge is 0.341 e. The van der Waals surface area contributed by atoms with Crippen LogP contribution in [-0.2, 0) is 22.6 Å². The number of methoxy groups -OCH3 is 2. The van der Waals surface area contributed by atoms with Gasteiger partial charge in [-0.15, -0.1) is 0 Å². The number of carbonyl (C=O) groups is 1. The van der Waals surface area contributed by atoms with Crippen molar-refractivity contribution in [1.29, 1.82) is 0 Å². The van der Waals surface area contributed by atoms with Gasteiger partial charge < -0.3 is 23.7 Å². The molecular formula is C42H39Cl7F2N4O7. The Morgan fingerprint density at radius 1 is 0.677 bits per heavy atom. The molecule has 332 valence electrons. The Kier molecular flexibility index (Phi) is 18.4. The molecule has 4 aromatic carbocycles. The Bertz CT molecular complexity index is 2480. The summed E-state index contributed by atoms with van der Waals surface area (Å²) in [6.07, 6.45) is 4.43. The van der Waals surface area contributed by atoms with Gasteiger partial charge in [0.25, 0.3) is 5.56 Å². The molecule has 2 N–H and O–H groups in total. The van der Waals surface area contributed by atoms with Gasteiger partial charge in [-0.25, -0.2) is 18.3 Å². The molecule has 0 spiro atoms. The number of benzene rings is 4. The lowest BCUT2D eigenvalue weighted by Gasteiger charge is -2.17. The Balaban J connectivity index is 0.000000206. The highest BCUT2D eigenvalue weighted by molar-refractivity contribution is 6.61. The number of nitrogens with zero attached hydrogens (tertiary/aromatic N) is 2. The van der Waals surface area contributed by atoms with Gasteiger partial charge in [0, 0.05) is 59.5 Å². The molecule has 7 rings (SSSR count). The van der Waals surface area contributed by atoms with Crippen LogP contribution in [0.25, 0.3) is 16.7 Å². The first-order valence-corrected chi connectivity index (χ1v) is 21.5. The second-order valence-electron chi connectivity index (χ2n) is 13.2. The lowest BCUT2D eigenvalue weighted by atomic mass is 10.1. The summed E-state index contributed by atoms with van der Waals surface area (Å²) in [5.41, 5.74) is 5.28. The zero-order valence-electron chi connectivity index (χ0n) is 33.3. The van der Waals surface area contributed by atoms with Crippen LogP contribution in [-0.4, -0.2) is 49.2 Å². The highest BCUT2D eigenvalue weighted by atomic mass is 35.5. The maximum Gasteiger partial charge on any atom is 0.341 e. The third kappa shape index (κ3) is 12.2. The minimum atomic E-state index is -0.881. The van der Waals surface area contributed by atoms with E-state index in [-0.39, 0.29) is 66.9 Å². The molecule has 3 heterocycles. The minimum absolute atomic E-state index is 0.0294. The molecule has 20 heteroatoms. The van der Waals surface area contributed by atoms with E-state index in [1.54, 1.807) is 41.9 Å². The van der Waals surface area contributed by atoms with Gasteiger partial charge in [-0.1, -0.05) is 81.2 Å². The van der Waals surface area contributed by atoms with Crippen LogP contribution in [0.15, 0.2) is 69.9 Å². The van der Waals surface area contributed by atoms with Gasteiger partial charge in [-0.05, 0) is 81.1 Å². The molecular weight excluding hydrogens is 959 g/mol. The molecule has 0 radical (unpaired) electrons. The summed E-state index contributed by atoms with van der Waals surface area (Å²) in [7, 11) is 2.91. The van der Waals surface area contributed by atoms with Crippen molar-refractivity contribution in [1.82, 2.24) is 20.2 Å². The van der Waals surface area contributed by atoms with E-state index >= 15 is 0 Å². The number of fused-ring (bicyclic) bond motifs is 1. The number of hydrogen-bond donors (Lipinski definition) is 2. The minimum Gasteiger partial charge on any atom is -0.493 e. The Hall–Kier alpha value is -3.89. The molecule has 1 fully saturated rings. The summed E-state index contributed by atoms with van der Waals surface area (Å²) in [6.45, 7) is 5.08. The number of carbonyl (C=O) groups excluding carboxylic acids is 1. The normalized spacial score (nSPS) is 13.0. The first kappa shape index (κ1) is 49.1. The van der Waals surface area contributed by atoms with Crippen LogP contribution in [0.4, 0.5) is 8.78 Å². The molecule has 0 atom stereocenters. The van der Waals surface area contributed by atoms with Crippen molar-refractivity contribution in [3.63, 3.8) is 0 Å². The first-order valence-electron chi connectivity index (χ1n) is 18.9. The van der Waals surface area contributed by atoms with Gasteiger partial charge in [0.2, 0.25) is 0 Å². The van der Waals surface area contributed by atoms with Crippen molar-refractivity contribution >= 4 is 92.7 Å². The van der Waals surface area contributed by atoms with Crippen molar-refractivity contribution in [2.45, 2.75) is 45.7 Å². The standard InChI is InChI=1S/C20H16Cl3FN2O3.C18H13Cl4FO4.C4H10N2/c1-28-17-8-11(21)4-5-15(17)29-16-9-12(14(24)10-13(16)22)18-19(23)25-6-2-3-7-26(25)20(18)27;1-3-26-18(24)16(17(21)22)10-7-14(11(20)8-12(10)23)27-13-5-4-9(19)6-15(13)25-2;1-2-4-6-5-3-1/h4-5,8-10H,2-3,6-7H2,1H3;4-8H,3H2,1-2H3;5-6H,1-4H2. The monoisotopic (exact) mass is 994 g/mol. The number of nitrogens with one attached hydrogen (secondary N) is 2. The summed E-state index contributed by atoms with van der Waals surface area (Å²) in [5, 5.41) is 1.11. The van der Waals surface area contributed by atoms with Crippen LogP contribution >= 0.6 is 81.2 Å². The molecule has 0 unspecified atom stereocenters. The number of hydrazine groups is 1. The second-order valence-corrected chi connectivity index (χ2v) is 16.2. The van der Waals surface area contributed by atoms with E-state index in [0.717, 1.165) is 38.1 Å². The van der Waals surface area contributed by atoms with Crippen LogP contribution in [0.3, 0.4) is 0 Å². The lowest BCUT2D eigenvalue weighted by molar-refractivity contribution is -0.136. The summed E-state index contributed by atoms with van der Waals surface area (Å²) < 4.78 is 58.9. The summed E-state index contributed by atoms with van der Waals surface area (Å²) in [5.74, 6) is -0.814. The molecule has 1 saturated heterocycles. The Labute approximate surface area is 391 Å². The van der Waals surface area contributed by atoms with E-state index < -0.39 is 22.1 Å². The highest BCUT2D eigenvalue weighted by Crippen LogP contribution is 2.42. The number of halogens is 9. The molecule has 1 aromatic heterocycles. The summed E-state index contributed by atoms with van der Waals surface area (Å²) >= 11 is 42.1. The number of esters is 1. The van der Waals surface area contributed by atoms with Crippen molar-refractivity contribution in [3.05, 3.63) is 118 Å². The molecule has 0 aliphatic carbocycles. The van der Waals surface area contributed by atoms with E-state index in [0.29, 0.717) is 40.4 Å². The van der Waals surface area contributed by atoms with Crippen LogP contribution in [0.1, 0.15) is 38.2 Å². The fraction of sp³-hybridized carbons (Fsp3) is 0.286. The number of hydrogen-bond acceptors (Lipinski definition) is 9.